The first-order valence-electron chi connectivity index (χ1n) is 9.27. The summed E-state index contributed by atoms with van der Waals surface area (Å²) < 4.78 is 56.1. The quantitative estimate of drug-likeness (QED) is 0.638. The number of hydrogen-bond donors (Lipinski definition) is 1. The minimum atomic E-state index is -3.81. The average Bonchev–Trinajstić information content (AvgIpc) is 3.11. The highest BCUT2D eigenvalue weighted by Crippen LogP contribution is 2.28. The molecule has 0 aromatic heterocycles. The second-order valence-corrected chi connectivity index (χ2v) is 8.55. The summed E-state index contributed by atoms with van der Waals surface area (Å²) in [5.74, 6) is 0.381. The van der Waals surface area contributed by atoms with Crippen LogP contribution in [-0.4, -0.2) is 39.6 Å². The fourth-order valence-corrected chi connectivity index (χ4v) is 4.52. The van der Waals surface area contributed by atoms with Gasteiger partial charge in [0.2, 0.25) is 0 Å². The molecule has 1 saturated heterocycles. The summed E-state index contributed by atoms with van der Waals surface area (Å²) in [5, 5.41) is 0. The SMILES string of the molecule is CCCN1CCC(c2ccc(NS(=O)(=O)c3ccc(OC(F)F)cc3)cc2)C1.Cl. The maximum absolute atomic E-state index is 12.5. The Morgan fingerprint density at radius 2 is 1.79 bits per heavy atom. The van der Waals surface area contributed by atoms with Gasteiger partial charge in [-0.2, -0.15) is 8.78 Å². The van der Waals surface area contributed by atoms with Gasteiger partial charge in [0.25, 0.3) is 10.0 Å². The van der Waals surface area contributed by atoms with Gasteiger partial charge in [-0.1, -0.05) is 19.1 Å². The van der Waals surface area contributed by atoms with Gasteiger partial charge >= 0.3 is 6.61 Å². The van der Waals surface area contributed by atoms with E-state index in [1.165, 1.54) is 29.8 Å². The number of halogens is 3. The molecule has 29 heavy (non-hydrogen) atoms. The van der Waals surface area contributed by atoms with E-state index in [1.807, 2.05) is 12.1 Å². The van der Waals surface area contributed by atoms with Crippen molar-refractivity contribution in [3.63, 3.8) is 0 Å². The van der Waals surface area contributed by atoms with Crippen LogP contribution in [0.25, 0.3) is 0 Å². The Balaban J connectivity index is 0.00000300. The van der Waals surface area contributed by atoms with Gasteiger partial charge < -0.3 is 9.64 Å². The van der Waals surface area contributed by atoms with Crippen molar-refractivity contribution in [2.45, 2.75) is 37.2 Å². The van der Waals surface area contributed by atoms with Crippen LogP contribution in [0, 0.1) is 0 Å². The summed E-state index contributed by atoms with van der Waals surface area (Å²) >= 11 is 0. The summed E-state index contributed by atoms with van der Waals surface area (Å²) in [5.41, 5.74) is 1.66. The summed E-state index contributed by atoms with van der Waals surface area (Å²) in [6.07, 6.45) is 2.25. The Hall–Kier alpha value is -1.90. The second kappa shape index (κ2) is 10.2. The first kappa shape index (κ1) is 23.4. The lowest BCUT2D eigenvalue weighted by Gasteiger charge is -2.15. The van der Waals surface area contributed by atoms with E-state index in [-0.39, 0.29) is 23.1 Å². The van der Waals surface area contributed by atoms with Gasteiger partial charge in [0, 0.05) is 12.2 Å². The number of nitrogens with one attached hydrogen (secondary N) is 1. The zero-order valence-electron chi connectivity index (χ0n) is 16.1. The van der Waals surface area contributed by atoms with Crippen molar-refractivity contribution in [1.82, 2.24) is 4.90 Å². The predicted octanol–water partition coefficient (Wildman–Crippen LogP) is 4.71. The molecule has 0 radical (unpaired) electrons. The lowest BCUT2D eigenvalue weighted by atomic mass is 9.98. The Bertz CT molecular complexity index is 878. The lowest BCUT2D eigenvalue weighted by molar-refractivity contribution is -0.0498. The highest BCUT2D eigenvalue weighted by Gasteiger charge is 2.23. The molecule has 1 fully saturated rings. The van der Waals surface area contributed by atoms with Gasteiger partial charge in [0.1, 0.15) is 5.75 Å². The van der Waals surface area contributed by atoms with Crippen LogP contribution in [0.15, 0.2) is 53.4 Å². The third kappa shape index (κ3) is 6.29. The second-order valence-electron chi connectivity index (χ2n) is 6.86. The number of likely N-dealkylation sites (tertiary alicyclic amines) is 1. The number of alkyl halides is 2. The highest BCUT2D eigenvalue weighted by molar-refractivity contribution is 7.92. The standard InChI is InChI=1S/C20H24F2N2O3S.ClH/c1-2-12-24-13-11-16(14-24)15-3-5-17(6-4-15)23-28(25,26)19-9-7-18(8-10-19)27-20(21)22;/h3-10,16,20,23H,2,11-14H2,1H3;1H. The molecular formula is C20H25ClF2N2O3S. The Morgan fingerprint density at radius 1 is 1.14 bits per heavy atom. The lowest BCUT2D eigenvalue weighted by Crippen LogP contribution is -2.20. The molecule has 1 unspecified atom stereocenters. The molecule has 1 N–H and O–H groups in total. The van der Waals surface area contributed by atoms with Crippen LogP contribution in [0.4, 0.5) is 14.5 Å². The van der Waals surface area contributed by atoms with E-state index in [2.05, 4.69) is 21.3 Å². The molecule has 2 aromatic carbocycles. The van der Waals surface area contributed by atoms with Crippen molar-refractivity contribution in [2.75, 3.05) is 24.4 Å². The molecule has 5 nitrogen and oxygen atoms in total. The highest BCUT2D eigenvalue weighted by atomic mass is 35.5. The zero-order chi connectivity index (χ0) is 20.1. The largest absolute Gasteiger partial charge is 0.435 e. The summed E-state index contributed by atoms with van der Waals surface area (Å²) in [6, 6.07) is 12.3. The number of sulfonamides is 1. The van der Waals surface area contributed by atoms with Crippen molar-refractivity contribution in [3.8, 4) is 5.75 Å². The number of ether oxygens (including phenoxy) is 1. The molecular weight excluding hydrogens is 422 g/mol. The van der Waals surface area contributed by atoms with Crippen molar-refractivity contribution in [2.24, 2.45) is 0 Å². The monoisotopic (exact) mass is 446 g/mol. The molecule has 0 aliphatic carbocycles. The minimum Gasteiger partial charge on any atom is -0.435 e. The van der Waals surface area contributed by atoms with Crippen LogP contribution in [0.1, 0.15) is 31.2 Å². The Labute approximate surface area is 176 Å². The number of rotatable bonds is 8. The van der Waals surface area contributed by atoms with Gasteiger partial charge in [-0.05, 0) is 73.8 Å². The van der Waals surface area contributed by atoms with Crippen LogP contribution >= 0.6 is 12.4 Å². The fraction of sp³-hybridized carbons (Fsp3) is 0.400. The fourth-order valence-electron chi connectivity index (χ4n) is 3.46. The summed E-state index contributed by atoms with van der Waals surface area (Å²) in [7, 11) is -3.81. The van der Waals surface area contributed by atoms with Crippen molar-refractivity contribution in [1.29, 1.82) is 0 Å². The first-order chi connectivity index (χ1) is 13.4. The molecule has 1 atom stereocenters. The molecule has 0 bridgehead atoms. The predicted molar refractivity (Wildman–Crippen MR) is 112 cm³/mol. The Kier molecular flexibility index (Phi) is 8.24. The van der Waals surface area contributed by atoms with Crippen molar-refractivity contribution >= 4 is 28.1 Å². The van der Waals surface area contributed by atoms with Gasteiger partial charge in [-0.3, -0.25) is 4.72 Å². The van der Waals surface area contributed by atoms with E-state index in [0.717, 1.165) is 32.5 Å². The minimum absolute atomic E-state index is 0. The van der Waals surface area contributed by atoms with Crippen LogP contribution in [0.2, 0.25) is 0 Å². The van der Waals surface area contributed by atoms with E-state index in [9.17, 15) is 17.2 Å². The average molecular weight is 447 g/mol. The molecule has 9 heteroatoms. The van der Waals surface area contributed by atoms with Crippen molar-refractivity contribution < 1.29 is 21.9 Å². The molecule has 2 aromatic rings. The Morgan fingerprint density at radius 3 is 2.38 bits per heavy atom. The molecule has 1 aliphatic heterocycles. The van der Waals surface area contributed by atoms with Gasteiger partial charge in [-0.15, -0.1) is 12.4 Å². The third-order valence-corrected chi connectivity index (χ3v) is 6.20. The molecule has 0 saturated carbocycles. The third-order valence-electron chi connectivity index (χ3n) is 4.81. The van der Waals surface area contributed by atoms with E-state index < -0.39 is 16.6 Å². The number of benzene rings is 2. The van der Waals surface area contributed by atoms with Gasteiger partial charge in [0.15, 0.2) is 0 Å². The number of hydrogen-bond acceptors (Lipinski definition) is 4. The first-order valence-corrected chi connectivity index (χ1v) is 10.8. The van der Waals surface area contributed by atoms with Crippen LogP contribution in [0.3, 0.4) is 0 Å². The summed E-state index contributed by atoms with van der Waals surface area (Å²) in [4.78, 5) is 2.42. The maximum Gasteiger partial charge on any atom is 0.387 e. The summed E-state index contributed by atoms with van der Waals surface area (Å²) in [6.45, 7) is 2.46. The molecule has 0 amide bonds. The van der Waals surface area contributed by atoms with Crippen LogP contribution < -0.4 is 9.46 Å². The maximum atomic E-state index is 12.5. The normalized spacial score (nSPS) is 17.2. The molecule has 0 spiro atoms. The van der Waals surface area contributed by atoms with E-state index in [4.69, 9.17) is 0 Å². The van der Waals surface area contributed by atoms with E-state index in [0.29, 0.717) is 11.6 Å². The molecule has 3 rings (SSSR count). The molecule has 160 valence electrons. The molecule has 1 aliphatic rings. The van der Waals surface area contributed by atoms with Crippen LogP contribution in [-0.2, 0) is 10.0 Å². The van der Waals surface area contributed by atoms with Gasteiger partial charge in [-0.25, -0.2) is 8.42 Å². The smallest absolute Gasteiger partial charge is 0.387 e. The topological polar surface area (TPSA) is 58.6 Å². The van der Waals surface area contributed by atoms with Crippen molar-refractivity contribution in [3.05, 3.63) is 54.1 Å². The number of nitrogens with zero attached hydrogens (tertiary/aromatic N) is 1. The van der Waals surface area contributed by atoms with E-state index >= 15 is 0 Å². The van der Waals surface area contributed by atoms with Crippen LogP contribution in [0.5, 0.6) is 5.75 Å². The number of anilines is 1. The van der Waals surface area contributed by atoms with Gasteiger partial charge in [0.05, 0.1) is 4.90 Å². The molecule has 1 heterocycles. The zero-order valence-corrected chi connectivity index (χ0v) is 17.7. The van der Waals surface area contributed by atoms with E-state index in [1.54, 1.807) is 12.1 Å².